The third-order valence-electron chi connectivity index (χ3n) is 11.6. The van der Waals surface area contributed by atoms with Gasteiger partial charge in [0.25, 0.3) is 0 Å². The molecule has 8 aromatic carbocycles. The second-order valence-corrected chi connectivity index (χ2v) is 22.3. The van der Waals surface area contributed by atoms with E-state index < -0.39 is 27.3 Å². The Labute approximate surface area is 398 Å². The van der Waals surface area contributed by atoms with Gasteiger partial charge in [-0.25, -0.2) is 16.8 Å². The van der Waals surface area contributed by atoms with Crippen LogP contribution in [0.25, 0.3) is 55.0 Å². The Balaban J connectivity index is 0.000000171. The minimum Gasteiger partial charge on any atom is -0.309 e. The van der Waals surface area contributed by atoms with Crippen molar-refractivity contribution in [1.29, 1.82) is 0 Å². The van der Waals surface area contributed by atoms with Crippen LogP contribution in [0.1, 0.15) is 25.0 Å². The lowest BCUT2D eigenvalue weighted by atomic mass is 10.2. The monoisotopic (exact) mass is 1010 g/mol. The van der Waals surface area contributed by atoms with E-state index in [0.717, 1.165) is 49.8 Å². The van der Waals surface area contributed by atoms with Crippen LogP contribution in [0.15, 0.2) is 214 Å². The highest BCUT2D eigenvalue weighted by molar-refractivity contribution is 9.08. The van der Waals surface area contributed by atoms with Gasteiger partial charge in [-0.2, -0.15) is 0 Å². The number of fused-ring (bicyclic) bond motifs is 6. The van der Waals surface area contributed by atoms with Gasteiger partial charge >= 0.3 is 7.60 Å². The van der Waals surface area contributed by atoms with Crippen LogP contribution in [-0.2, 0) is 44.8 Å². The second kappa shape index (κ2) is 19.2. The number of sulfone groups is 2. The molecule has 338 valence electrons. The summed E-state index contributed by atoms with van der Waals surface area (Å²) in [5.74, 6) is 0. The molecule has 0 aliphatic rings. The molecule has 67 heavy (non-hydrogen) atoms. The van der Waals surface area contributed by atoms with Gasteiger partial charge in [0.15, 0.2) is 0 Å². The maximum absolute atomic E-state index is 13.3. The molecule has 0 fully saturated rings. The maximum atomic E-state index is 13.3. The van der Waals surface area contributed by atoms with E-state index in [-0.39, 0.29) is 29.2 Å². The lowest BCUT2D eigenvalue weighted by Crippen LogP contribution is -2.03. The molecule has 0 saturated carbocycles. The van der Waals surface area contributed by atoms with E-state index in [4.69, 9.17) is 9.05 Å². The Kier molecular flexibility index (Phi) is 13.2. The van der Waals surface area contributed by atoms with E-state index in [0.29, 0.717) is 20.7 Å². The molecule has 0 unspecified atom stereocenters. The second-order valence-electron chi connectivity index (χ2n) is 15.8. The fourth-order valence-corrected chi connectivity index (χ4v) is 13.1. The summed E-state index contributed by atoms with van der Waals surface area (Å²) < 4.78 is 80.6. The summed E-state index contributed by atoms with van der Waals surface area (Å²) in [4.78, 5) is 0.970. The van der Waals surface area contributed by atoms with Crippen LogP contribution in [0.2, 0.25) is 0 Å². The van der Waals surface area contributed by atoms with Crippen molar-refractivity contribution in [1.82, 2.24) is 9.13 Å². The normalized spacial score (nSPS) is 12.2. The van der Waals surface area contributed by atoms with E-state index in [1.165, 1.54) is 22.9 Å². The van der Waals surface area contributed by atoms with Gasteiger partial charge in [-0.1, -0.05) is 113 Å². The number of rotatable bonds is 13. The summed E-state index contributed by atoms with van der Waals surface area (Å²) in [6, 6.07) is 60.3. The van der Waals surface area contributed by atoms with E-state index in [1.807, 2.05) is 84.9 Å². The van der Waals surface area contributed by atoms with Gasteiger partial charge < -0.3 is 18.2 Å². The number of aromatic nitrogens is 2. The SMILES string of the molecule is CCOP(=O)(Cc1ccc(S(=O)(=O)c2ccc(-n3c4ccccc4c4ccccc43)cc2)cc1)OCC.O=S(=O)(c1ccc(CBr)cc1)c1ccc(-n2c3ccccc3c3ccccc32)cc1. The standard InChI is InChI=1S/C29H28NO5PS.C25H18BrNO2S/c1-3-34-36(31,35-4-2)21-22-13-17-24(18-14-22)37(32,33)25-19-15-23(16-20-25)30-28-11-7-5-9-26(28)27-10-6-8-12-29(27)30;26-17-18-9-13-20(14-10-18)30(28,29)21-15-11-19(12-16-21)27-24-7-3-1-5-22(24)23-6-2-4-8-25(23)27/h5-20H,3-4,21H2,1-2H3;1-16H,17H2. The molecule has 0 aliphatic carbocycles. The summed E-state index contributed by atoms with van der Waals surface area (Å²) in [5.41, 5.74) is 7.86. The molecule has 10 rings (SSSR count). The number of hydrogen-bond acceptors (Lipinski definition) is 7. The van der Waals surface area contributed by atoms with Crippen LogP contribution in [-0.4, -0.2) is 39.2 Å². The molecule has 0 saturated heterocycles. The third kappa shape index (κ3) is 9.05. The fraction of sp³-hybridized carbons (Fsp3) is 0.111. The zero-order valence-corrected chi connectivity index (χ0v) is 40.8. The summed E-state index contributed by atoms with van der Waals surface area (Å²) in [6.07, 6.45) is 0.0858. The van der Waals surface area contributed by atoms with Crippen molar-refractivity contribution in [2.24, 2.45) is 0 Å². The predicted molar refractivity (Wildman–Crippen MR) is 273 cm³/mol. The third-order valence-corrected chi connectivity index (χ3v) is 17.9. The molecular weight excluding hydrogens is 964 g/mol. The Bertz CT molecular complexity index is 3550. The topological polar surface area (TPSA) is 114 Å². The highest BCUT2D eigenvalue weighted by atomic mass is 79.9. The molecule has 0 spiro atoms. The van der Waals surface area contributed by atoms with Crippen LogP contribution < -0.4 is 0 Å². The number of benzene rings is 8. The van der Waals surface area contributed by atoms with Crippen molar-refractivity contribution in [2.75, 3.05) is 13.2 Å². The Morgan fingerprint density at radius 2 is 0.701 bits per heavy atom. The molecule has 0 N–H and O–H groups in total. The van der Waals surface area contributed by atoms with E-state index in [1.54, 1.807) is 62.4 Å². The first-order valence-electron chi connectivity index (χ1n) is 21.7. The van der Waals surface area contributed by atoms with Crippen molar-refractivity contribution in [3.63, 3.8) is 0 Å². The molecule has 0 atom stereocenters. The number of nitrogens with zero attached hydrogens (tertiary/aromatic N) is 2. The number of alkyl halides is 1. The van der Waals surface area contributed by atoms with Crippen molar-refractivity contribution in [3.05, 3.63) is 205 Å². The lowest BCUT2D eigenvalue weighted by Gasteiger charge is -2.17. The molecule has 2 aromatic heterocycles. The van der Waals surface area contributed by atoms with Crippen LogP contribution in [0.3, 0.4) is 0 Å². The van der Waals surface area contributed by atoms with Gasteiger partial charge in [0.2, 0.25) is 19.7 Å². The van der Waals surface area contributed by atoms with E-state index in [9.17, 15) is 21.4 Å². The van der Waals surface area contributed by atoms with Crippen molar-refractivity contribution in [3.8, 4) is 11.4 Å². The average molecular weight is 1010 g/mol. The van der Waals surface area contributed by atoms with Crippen LogP contribution >= 0.6 is 23.5 Å². The Morgan fingerprint density at radius 3 is 1.00 bits per heavy atom. The zero-order valence-electron chi connectivity index (χ0n) is 36.7. The molecule has 0 aliphatic heterocycles. The number of para-hydroxylation sites is 4. The minimum absolute atomic E-state index is 0.0858. The number of halogens is 1. The molecule has 0 bridgehead atoms. The molecule has 0 radical (unpaired) electrons. The van der Waals surface area contributed by atoms with Gasteiger partial charge in [0.1, 0.15) is 0 Å². The summed E-state index contributed by atoms with van der Waals surface area (Å²) >= 11 is 3.39. The Morgan fingerprint density at radius 1 is 0.418 bits per heavy atom. The van der Waals surface area contributed by atoms with Gasteiger partial charge in [-0.3, -0.25) is 4.57 Å². The molecule has 10 aromatic rings. The summed E-state index contributed by atoms with van der Waals surface area (Å²) in [6.45, 7) is 4.06. The highest BCUT2D eigenvalue weighted by Gasteiger charge is 2.25. The lowest BCUT2D eigenvalue weighted by molar-refractivity contribution is 0.219. The first-order chi connectivity index (χ1) is 32.5. The van der Waals surface area contributed by atoms with Crippen molar-refractivity contribution in [2.45, 2.75) is 44.9 Å². The van der Waals surface area contributed by atoms with E-state index in [2.05, 4.69) is 73.6 Å². The van der Waals surface area contributed by atoms with E-state index >= 15 is 0 Å². The minimum atomic E-state index is -3.73. The molecule has 9 nitrogen and oxygen atoms in total. The van der Waals surface area contributed by atoms with Gasteiger partial charge in [0, 0.05) is 38.2 Å². The average Bonchev–Trinajstić information content (AvgIpc) is 3.88. The first kappa shape index (κ1) is 46.0. The molecular formula is C54H46BrN2O7PS2. The number of hydrogen-bond donors (Lipinski definition) is 0. The van der Waals surface area contributed by atoms with Gasteiger partial charge in [-0.05, 0) is 122 Å². The molecule has 13 heteroatoms. The van der Waals surface area contributed by atoms with Gasteiger partial charge in [-0.15, -0.1) is 0 Å². The Hall–Kier alpha value is -6.11. The highest BCUT2D eigenvalue weighted by Crippen LogP contribution is 2.51. The largest absolute Gasteiger partial charge is 0.335 e. The van der Waals surface area contributed by atoms with Crippen molar-refractivity contribution >= 4 is 86.8 Å². The predicted octanol–water partition coefficient (Wildman–Crippen LogP) is 13.9. The zero-order chi connectivity index (χ0) is 46.8. The molecule has 0 amide bonds. The maximum Gasteiger partial charge on any atom is 0.335 e. The quantitative estimate of drug-likeness (QED) is 0.0835. The van der Waals surface area contributed by atoms with Crippen LogP contribution in [0.4, 0.5) is 0 Å². The van der Waals surface area contributed by atoms with Crippen LogP contribution in [0, 0.1) is 0 Å². The van der Waals surface area contributed by atoms with Crippen molar-refractivity contribution < 1.29 is 30.4 Å². The van der Waals surface area contributed by atoms with Gasteiger partial charge in [0.05, 0.1) is 61.0 Å². The van der Waals surface area contributed by atoms with Crippen LogP contribution in [0.5, 0.6) is 0 Å². The smallest absolute Gasteiger partial charge is 0.309 e. The summed E-state index contributed by atoms with van der Waals surface area (Å²) in [7, 11) is -10.6. The first-order valence-corrected chi connectivity index (χ1v) is 27.6. The summed E-state index contributed by atoms with van der Waals surface area (Å²) in [5, 5.41) is 5.34. The fourth-order valence-electron chi connectivity index (χ4n) is 8.50. The molecule has 2 heterocycles.